The molecule has 1 amide bonds. The Labute approximate surface area is 96.7 Å². The quantitative estimate of drug-likeness (QED) is 0.808. The van der Waals surface area contributed by atoms with Crippen LogP contribution in [-0.4, -0.2) is 26.1 Å². The van der Waals surface area contributed by atoms with E-state index in [0.717, 1.165) is 0 Å². The van der Waals surface area contributed by atoms with Gasteiger partial charge in [0.05, 0.1) is 11.3 Å². The second-order valence-corrected chi connectivity index (χ2v) is 3.21. The summed E-state index contributed by atoms with van der Waals surface area (Å²) in [5, 5.41) is 21.9. The number of rotatable bonds is 3. The van der Waals surface area contributed by atoms with Crippen molar-refractivity contribution in [1.82, 2.24) is 20.2 Å². The van der Waals surface area contributed by atoms with Gasteiger partial charge in [-0.25, -0.2) is 4.68 Å². The number of hydrogen-bond acceptors (Lipinski definition) is 5. The van der Waals surface area contributed by atoms with Gasteiger partial charge in [0, 0.05) is 0 Å². The summed E-state index contributed by atoms with van der Waals surface area (Å²) in [6.07, 6.45) is 1.34. The number of aromatic nitrogens is 4. The molecule has 84 valence electrons. The van der Waals surface area contributed by atoms with E-state index >= 15 is 0 Å². The highest BCUT2D eigenvalue weighted by Gasteiger charge is 2.07. The average Bonchev–Trinajstić information content (AvgIpc) is 2.82. The maximum Gasteiger partial charge on any atom is 0.246 e. The molecule has 7 heteroatoms. The third kappa shape index (κ3) is 2.63. The Morgan fingerprint density at radius 1 is 1.47 bits per heavy atom. The zero-order chi connectivity index (χ0) is 12.1. The van der Waals surface area contributed by atoms with Crippen molar-refractivity contribution in [3.8, 4) is 6.07 Å². The molecule has 2 rings (SSSR count). The summed E-state index contributed by atoms with van der Waals surface area (Å²) < 4.78 is 1.30. The number of amides is 1. The monoisotopic (exact) mass is 228 g/mol. The van der Waals surface area contributed by atoms with Crippen molar-refractivity contribution >= 4 is 11.6 Å². The molecule has 0 unspecified atom stereocenters. The van der Waals surface area contributed by atoms with Crippen molar-refractivity contribution in [2.45, 2.75) is 6.54 Å². The Balaban J connectivity index is 2.06. The van der Waals surface area contributed by atoms with Crippen LogP contribution in [0.4, 0.5) is 5.69 Å². The van der Waals surface area contributed by atoms with E-state index in [4.69, 9.17) is 5.26 Å². The Kier molecular flexibility index (Phi) is 3.07. The van der Waals surface area contributed by atoms with Crippen LogP contribution >= 0.6 is 0 Å². The number of nitriles is 1. The van der Waals surface area contributed by atoms with Gasteiger partial charge in [-0.05, 0) is 22.6 Å². The zero-order valence-corrected chi connectivity index (χ0v) is 8.74. The van der Waals surface area contributed by atoms with Gasteiger partial charge in [0.1, 0.15) is 18.9 Å². The Morgan fingerprint density at radius 3 is 3.00 bits per heavy atom. The van der Waals surface area contributed by atoms with Crippen molar-refractivity contribution in [1.29, 1.82) is 5.26 Å². The molecule has 0 fully saturated rings. The summed E-state index contributed by atoms with van der Waals surface area (Å²) in [6.45, 7) is 0.00671. The molecular weight excluding hydrogens is 220 g/mol. The Hall–Kier alpha value is -2.75. The highest BCUT2D eigenvalue weighted by molar-refractivity contribution is 5.91. The van der Waals surface area contributed by atoms with Crippen molar-refractivity contribution < 1.29 is 4.79 Å². The van der Waals surface area contributed by atoms with E-state index in [9.17, 15) is 4.79 Å². The summed E-state index contributed by atoms with van der Waals surface area (Å²) in [4.78, 5) is 11.6. The first kappa shape index (κ1) is 10.8. The molecular formula is C10H8N6O. The van der Waals surface area contributed by atoms with Crippen molar-refractivity contribution in [2.24, 2.45) is 0 Å². The summed E-state index contributed by atoms with van der Waals surface area (Å²) in [5.74, 6) is -0.292. The fourth-order valence-corrected chi connectivity index (χ4v) is 1.28. The van der Waals surface area contributed by atoms with Gasteiger partial charge in [0.2, 0.25) is 5.91 Å². The second-order valence-electron chi connectivity index (χ2n) is 3.21. The number of tetrazole rings is 1. The van der Waals surface area contributed by atoms with Crippen LogP contribution in [0.1, 0.15) is 5.56 Å². The maximum absolute atomic E-state index is 11.6. The molecule has 0 saturated carbocycles. The van der Waals surface area contributed by atoms with Gasteiger partial charge in [-0.2, -0.15) is 5.26 Å². The fraction of sp³-hybridized carbons (Fsp3) is 0.100. The largest absolute Gasteiger partial charge is 0.323 e. The normalized spacial score (nSPS) is 9.59. The summed E-state index contributed by atoms with van der Waals surface area (Å²) in [7, 11) is 0. The van der Waals surface area contributed by atoms with Crippen LogP contribution in [0.2, 0.25) is 0 Å². The summed E-state index contributed by atoms with van der Waals surface area (Å²) in [6, 6.07) is 8.77. The molecule has 1 N–H and O–H groups in total. The second kappa shape index (κ2) is 4.85. The van der Waals surface area contributed by atoms with Gasteiger partial charge in [-0.15, -0.1) is 5.10 Å². The molecule has 7 nitrogen and oxygen atoms in total. The number of anilines is 1. The number of carbonyl (C=O) groups is 1. The minimum Gasteiger partial charge on any atom is -0.323 e. The topological polar surface area (TPSA) is 96.5 Å². The van der Waals surface area contributed by atoms with Gasteiger partial charge in [0.15, 0.2) is 0 Å². The summed E-state index contributed by atoms with van der Waals surface area (Å²) in [5.41, 5.74) is 0.894. The third-order valence-corrected chi connectivity index (χ3v) is 2.02. The Morgan fingerprint density at radius 2 is 2.29 bits per heavy atom. The van der Waals surface area contributed by atoms with Crippen LogP contribution in [0.25, 0.3) is 0 Å². The van der Waals surface area contributed by atoms with E-state index in [-0.39, 0.29) is 12.5 Å². The van der Waals surface area contributed by atoms with E-state index in [1.165, 1.54) is 11.0 Å². The predicted molar refractivity (Wildman–Crippen MR) is 57.6 cm³/mol. The van der Waals surface area contributed by atoms with Crippen molar-refractivity contribution in [3.05, 3.63) is 36.2 Å². The van der Waals surface area contributed by atoms with Gasteiger partial charge < -0.3 is 5.32 Å². The molecule has 2 aromatic rings. The van der Waals surface area contributed by atoms with Crippen LogP contribution in [0.3, 0.4) is 0 Å². The predicted octanol–water partition coefficient (Wildman–Crippen LogP) is 0.183. The molecule has 0 bridgehead atoms. The molecule has 0 aliphatic rings. The highest BCUT2D eigenvalue weighted by atomic mass is 16.2. The van der Waals surface area contributed by atoms with Crippen molar-refractivity contribution in [2.75, 3.05) is 5.32 Å². The van der Waals surface area contributed by atoms with E-state index in [0.29, 0.717) is 11.3 Å². The lowest BCUT2D eigenvalue weighted by molar-refractivity contribution is -0.116. The van der Waals surface area contributed by atoms with Gasteiger partial charge in [0.25, 0.3) is 0 Å². The van der Waals surface area contributed by atoms with Crippen LogP contribution in [0.5, 0.6) is 0 Å². The Bertz CT molecular complexity index is 556. The third-order valence-electron chi connectivity index (χ3n) is 2.02. The molecule has 0 spiro atoms. The lowest BCUT2D eigenvalue weighted by Gasteiger charge is -2.05. The van der Waals surface area contributed by atoms with Gasteiger partial charge >= 0.3 is 0 Å². The molecule has 1 heterocycles. The lowest BCUT2D eigenvalue weighted by Crippen LogP contribution is -2.19. The molecule has 0 aliphatic carbocycles. The van der Waals surface area contributed by atoms with Crippen LogP contribution in [0, 0.1) is 11.3 Å². The number of nitrogens with zero attached hydrogens (tertiary/aromatic N) is 5. The first-order valence-electron chi connectivity index (χ1n) is 4.79. The molecule has 1 aromatic carbocycles. The highest BCUT2D eigenvalue weighted by Crippen LogP contribution is 2.13. The van der Waals surface area contributed by atoms with Crippen LogP contribution in [0.15, 0.2) is 30.6 Å². The molecule has 0 aliphatic heterocycles. The SMILES string of the molecule is N#Cc1ccccc1NC(=O)Cn1cnnn1. The molecule has 1 aromatic heterocycles. The number of nitrogens with one attached hydrogen (secondary N) is 1. The van der Waals surface area contributed by atoms with E-state index in [1.807, 2.05) is 6.07 Å². The molecule has 0 atom stereocenters. The molecule has 0 saturated heterocycles. The van der Waals surface area contributed by atoms with Gasteiger partial charge in [-0.1, -0.05) is 12.1 Å². The van der Waals surface area contributed by atoms with Crippen LogP contribution < -0.4 is 5.32 Å². The molecule has 17 heavy (non-hydrogen) atoms. The van der Waals surface area contributed by atoms with Gasteiger partial charge in [-0.3, -0.25) is 4.79 Å². The van der Waals surface area contributed by atoms with Crippen LogP contribution in [-0.2, 0) is 11.3 Å². The number of para-hydroxylation sites is 1. The number of carbonyl (C=O) groups excluding carboxylic acids is 1. The minimum absolute atomic E-state index is 0.00671. The first-order chi connectivity index (χ1) is 8.29. The standard InChI is InChI=1S/C10H8N6O/c11-5-8-3-1-2-4-9(8)13-10(17)6-16-7-12-14-15-16/h1-4,7H,6H2,(H,13,17). The first-order valence-corrected chi connectivity index (χ1v) is 4.79. The zero-order valence-electron chi connectivity index (χ0n) is 8.74. The van der Waals surface area contributed by atoms with Crippen molar-refractivity contribution in [3.63, 3.8) is 0 Å². The minimum atomic E-state index is -0.292. The average molecular weight is 228 g/mol. The maximum atomic E-state index is 11.6. The fourth-order valence-electron chi connectivity index (χ4n) is 1.28. The number of benzene rings is 1. The lowest BCUT2D eigenvalue weighted by atomic mass is 10.2. The smallest absolute Gasteiger partial charge is 0.246 e. The van der Waals surface area contributed by atoms with E-state index in [2.05, 4.69) is 20.8 Å². The molecule has 0 radical (unpaired) electrons. The number of hydrogen-bond donors (Lipinski definition) is 1. The summed E-state index contributed by atoms with van der Waals surface area (Å²) >= 11 is 0. The van der Waals surface area contributed by atoms with E-state index in [1.54, 1.807) is 24.3 Å². The van der Waals surface area contributed by atoms with E-state index < -0.39 is 0 Å².